The molecule has 0 fully saturated rings. The van der Waals surface area contributed by atoms with E-state index in [0.717, 1.165) is 18.4 Å². The molecule has 114 valence electrons. The fourth-order valence-electron chi connectivity index (χ4n) is 1.83. The molecule has 0 aliphatic carbocycles. The molecule has 5 heteroatoms. The number of hydrogen-bond acceptors (Lipinski definition) is 4. The van der Waals surface area contributed by atoms with E-state index in [-0.39, 0.29) is 18.6 Å². The second-order valence-corrected chi connectivity index (χ2v) is 4.62. The number of amides is 1. The summed E-state index contributed by atoms with van der Waals surface area (Å²) in [4.78, 5) is 16.2. The van der Waals surface area contributed by atoms with Crippen molar-refractivity contribution in [1.82, 2.24) is 10.3 Å². The Balaban J connectivity index is 2.64. The van der Waals surface area contributed by atoms with Crippen LogP contribution in [0.3, 0.4) is 0 Å². The van der Waals surface area contributed by atoms with Crippen LogP contribution in [0.5, 0.6) is 0 Å². The van der Waals surface area contributed by atoms with Crippen molar-refractivity contribution in [3.63, 3.8) is 0 Å². The van der Waals surface area contributed by atoms with E-state index < -0.39 is 0 Å². The van der Waals surface area contributed by atoms with Crippen LogP contribution in [-0.2, 0) is 4.74 Å². The van der Waals surface area contributed by atoms with Crippen LogP contribution in [0.25, 0.3) is 0 Å². The van der Waals surface area contributed by atoms with E-state index in [1.54, 1.807) is 25.4 Å². The number of pyridine rings is 1. The minimum atomic E-state index is -0.208. The zero-order chi connectivity index (χ0) is 15.5. The van der Waals surface area contributed by atoms with E-state index >= 15 is 0 Å². The first-order valence-corrected chi connectivity index (χ1v) is 7.06. The SMILES string of the molecule is CCCC(COC)NC(=O)c1ccc(C#CCCO)cn1. The molecule has 1 amide bonds. The highest BCUT2D eigenvalue weighted by atomic mass is 16.5. The average molecular weight is 290 g/mol. The first kappa shape index (κ1) is 17.2. The molecule has 0 saturated carbocycles. The summed E-state index contributed by atoms with van der Waals surface area (Å²) in [7, 11) is 1.62. The predicted molar refractivity (Wildman–Crippen MR) is 80.9 cm³/mol. The van der Waals surface area contributed by atoms with E-state index in [1.807, 2.05) is 0 Å². The van der Waals surface area contributed by atoms with Crippen LogP contribution >= 0.6 is 0 Å². The molecule has 0 bridgehead atoms. The summed E-state index contributed by atoms with van der Waals surface area (Å²) in [5.41, 5.74) is 1.09. The van der Waals surface area contributed by atoms with Gasteiger partial charge in [0.25, 0.3) is 5.91 Å². The highest BCUT2D eigenvalue weighted by molar-refractivity contribution is 5.92. The molecule has 21 heavy (non-hydrogen) atoms. The number of rotatable bonds is 7. The number of methoxy groups -OCH3 is 1. The molecule has 1 aromatic rings. The van der Waals surface area contributed by atoms with Gasteiger partial charge in [0.2, 0.25) is 0 Å². The number of aliphatic hydroxyl groups is 1. The molecule has 0 saturated heterocycles. The lowest BCUT2D eigenvalue weighted by Gasteiger charge is -2.16. The maximum Gasteiger partial charge on any atom is 0.270 e. The Morgan fingerprint density at radius 2 is 2.33 bits per heavy atom. The summed E-state index contributed by atoms with van der Waals surface area (Å²) in [5.74, 6) is 5.47. The van der Waals surface area contributed by atoms with Crippen LogP contribution in [0.15, 0.2) is 18.3 Å². The molecule has 0 aliphatic rings. The average Bonchev–Trinajstić information content (AvgIpc) is 2.48. The van der Waals surface area contributed by atoms with E-state index in [4.69, 9.17) is 9.84 Å². The first-order chi connectivity index (χ1) is 10.2. The number of nitrogens with one attached hydrogen (secondary N) is 1. The van der Waals surface area contributed by atoms with E-state index in [2.05, 4.69) is 29.1 Å². The van der Waals surface area contributed by atoms with Crippen molar-refractivity contribution in [3.8, 4) is 11.8 Å². The van der Waals surface area contributed by atoms with Crippen LogP contribution < -0.4 is 5.32 Å². The minimum absolute atomic E-state index is 0.00155. The maximum absolute atomic E-state index is 12.1. The number of nitrogens with zero attached hydrogens (tertiary/aromatic N) is 1. The van der Waals surface area contributed by atoms with Gasteiger partial charge in [0.1, 0.15) is 5.69 Å². The number of carbonyl (C=O) groups excluding carboxylic acids is 1. The van der Waals surface area contributed by atoms with Crippen molar-refractivity contribution < 1.29 is 14.6 Å². The molecule has 0 spiro atoms. The van der Waals surface area contributed by atoms with E-state index in [1.165, 1.54) is 0 Å². The molecule has 1 unspecified atom stereocenters. The summed E-state index contributed by atoms with van der Waals surface area (Å²) in [6, 6.07) is 3.39. The highest BCUT2D eigenvalue weighted by Crippen LogP contribution is 2.02. The van der Waals surface area contributed by atoms with Crippen molar-refractivity contribution in [2.24, 2.45) is 0 Å². The van der Waals surface area contributed by atoms with Gasteiger partial charge in [-0.3, -0.25) is 4.79 Å². The smallest absolute Gasteiger partial charge is 0.270 e. The van der Waals surface area contributed by atoms with Gasteiger partial charge in [-0.25, -0.2) is 4.98 Å². The van der Waals surface area contributed by atoms with Crippen molar-refractivity contribution in [1.29, 1.82) is 0 Å². The fourth-order valence-corrected chi connectivity index (χ4v) is 1.83. The number of ether oxygens (including phenoxy) is 1. The molecular formula is C16H22N2O3. The van der Waals surface area contributed by atoms with E-state index in [0.29, 0.717) is 18.7 Å². The number of carbonyl (C=O) groups is 1. The zero-order valence-corrected chi connectivity index (χ0v) is 12.6. The van der Waals surface area contributed by atoms with Gasteiger partial charge in [-0.15, -0.1) is 0 Å². The van der Waals surface area contributed by atoms with Gasteiger partial charge < -0.3 is 15.2 Å². The van der Waals surface area contributed by atoms with Gasteiger partial charge in [-0.05, 0) is 18.6 Å². The van der Waals surface area contributed by atoms with E-state index in [9.17, 15) is 4.79 Å². The second-order valence-electron chi connectivity index (χ2n) is 4.62. The van der Waals surface area contributed by atoms with Crippen molar-refractivity contribution in [2.45, 2.75) is 32.2 Å². The van der Waals surface area contributed by atoms with Gasteiger partial charge in [0, 0.05) is 25.3 Å². The number of aliphatic hydroxyl groups excluding tert-OH is 1. The second kappa shape index (κ2) is 9.92. The van der Waals surface area contributed by atoms with Crippen LogP contribution in [0.4, 0.5) is 0 Å². The molecule has 5 nitrogen and oxygen atoms in total. The van der Waals surface area contributed by atoms with Gasteiger partial charge in [0.05, 0.1) is 19.3 Å². The standard InChI is InChI=1S/C16H22N2O3/c1-3-6-14(12-21-2)18-16(20)15-9-8-13(11-17-15)7-4-5-10-19/h8-9,11,14,19H,3,5-6,10,12H2,1-2H3,(H,18,20). The monoisotopic (exact) mass is 290 g/mol. The maximum atomic E-state index is 12.1. The van der Waals surface area contributed by atoms with Crippen LogP contribution in [0.1, 0.15) is 42.2 Å². The Morgan fingerprint density at radius 1 is 1.52 bits per heavy atom. The lowest BCUT2D eigenvalue weighted by Crippen LogP contribution is -2.38. The minimum Gasteiger partial charge on any atom is -0.395 e. The summed E-state index contributed by atoms with van der Waals surface area (Å²) >= 11 is 0. The highest BCUT2D eigenvalue weighted by Gasteiger charge is 2.13. The van der Waals surface area contributed by atoms with Gasteiger partial charge in [0.15, 0.2) is 0 Å². The third-order valence-corrected chi connectivity index (χ3v) is 2.81. The van der Waals surface area contributed by atoms with Gasteiger partial charge in [-0.1, -0.05) is 25.2 Å². The van der Waals surface area contributed by atoms with Crippen LogP contribution in [0, 0.1) is 11.8 Å². The zero-order valence-electron chi connectivity index (χ0n) is 12.6. The summed E-state index contributed by atoms with van der Waals surface area (Å²) in [5, 5.41) is 11.6. The summed E-state index contributed by atoms with van der Waals surface area (Å²) < 4.78 is 5.09. The Bertz CT molecular complexity index is 482. The van der Waals surface area contributed by atoms with Crippen LogP contribution in [-0.4, -0.2) is 42.4 Å². The van der Waals surface area contributed by atoms with Crippen molar-refractivity contribution >= 4 is 5.91 Å². The molecule has 0 aromatic carbocycles. The molecule has 1 rings (SSSR count). The lowest BCUT2D eigenvalue weighted by molar-refractivity contribution is 0.0886. The molecule has 1 atom stereocenters. The first-order valence-electron chi connectivity index (χ1n) is 7.06. The third kappa shape index (κ3) is 6.39. The molecule has 0 radical (unpaired) electrons. The van der Waals surface area contributed by atoms with Gasteiger partial charge >= 0.3 is 0 Å². The predicted octanol–water partition coefficient (Wildman–Crippen LogP) is 1.36. The molecular weight excluding hydrogens is 268 g/mol. The molecule has 0 aliphatic heterocycles. The lowest BCUT2D eigenvalue weighted by atomic mass is 10.1. The largest absolute Gasteiger partial charge is 0.395 e. The Hall–Kier alpha value is -1.90. The quantitative estimate of drug-likeness (QED) is 0.744. The number of hydrogen-bond donors (Lipinski definition) is 2. The molecule has 1 aromatic heterocycles. The summed E-state index contributed by atoms with van der Waals surface area (Å²) in [6.07, 6.45) is 3.83. The molecule has 2 N–H and O–H groups in total. The number of aromatic nitrogens is 1. The van der Waals surface area contributed by atoms with Crippen LogP contribution in [0.2, 0.25) is 0 Å². The fraction of sp³-hybridized carbons (Fsp3) is 0.500. The normalized spacial score (nSPS) is 11.4. The van der Waals surface area contributed by atoms with Gasteiger partial charge in [-0.2, -0.15) is 0 Å². The summed E-state index contributed by atoms with van der Waals surface area (Å²) in [6.45, 7) is 2.59. The van der Waals surface area contributed by atoms with Crippen molar-refractivity contribution in [3.05, 3.63) is 29.6 Å². The topological polar surface area (TPSA) is 71.5 Å². The Labute approximate surface area is 125 Å². The Kier molecular flexibility index (Phi) is 8.10. The Morgan fingerprint density at radius 3 is 2.90 bits per heavy atom. The van der Waals surface area contributed by atoms with Crippen molar-refractivity contribution in [2.75, 3.05) is 20.3 Å². The third-order valence-electron chi connectivity index (χ3n) is 2.81. The molecule has 1 heterocycles.